The zero-order valence-electron chi connectivity index (χ0n) is 13.0. The van der Waals surface area contributed by atoms with Crippen LogP contribution in [0.1, 0.15) is 11.3 Å². The molecule has 0 saturated carbocycles. The van der Waals surface area contributed by atoms with E-state index in [4.69, 9.17) is 4.42 Å². The van der Waals surface area contributed by atoms with Gasteiger partial charge in [0, 0.05) is 7.05 Å². The highest BCUT2D eigenvalue weighted by atomic mass is 19.1. The van der Waals surface area contributed by atoms with Crippen molar-refractivity contribution in [3.05, 3.63) is 68.4 Å². The minimum Gasteiger partial charge on any atom is -0.428 e. The average Bonchev–Trinajstić information content (AvgIpc) is 3.07. The number of rotatable bonds is 2. The number of nitrogens with zero attached hydrogens (tertiary/aromatic N) is 4. The Morgan fingerprint density at radius 2 is 1.92 bits per heavy atom. The normalized spacial score (nSPS) is 11.6. The lowest BCUT2D eigenvalue weighted by molar-refractivity contribution is 0.563. The van der Waals surface area contributed by atoms with Crippen molar-refractivity contribution < 1.29 is 8.81 Å². The number of imidazole rings is 1. The second kappa shape index (κ2) is 4.92. The first-order valence-corrected chi connectivity index (χ1v) is 7.28. The number of halogens is 1. The summed E-state index contributed by atoms with van der Waals surface area (Å²) in [5.74, 6) is 0.493. The van der Waals surface area contributed by atoms with Gasteiger partial charge in [0.1, 0.15) is 11.6 Å². The Balaban J connectivity index is 2.01. The Morgan fingerprint density at radius 1 is 1.21 bits per heavy atom. The Morgan fingerprint density at radius 3 is 2.62 bits per heavy atom. The maximum Gasteiger partial charge on any atom is 0.332 e. The van der Waals surface area contributed by atoms with E-state index in [9.17, 15) is 14.0 Å². The van der Waals surface area contributed by atoms with Crippen LogP contribution in [-0.2, 0) is 13.6 Å². The number of oxazole rings is 1. The summed E-state index contributed by atoms with van der Waals surface area (Å²) < 4.78 is 22.4. The molecule has 0 spiro atoms. The molecule has 0 aliphatic carbocycles. The molecule has 0 N–H and O–H groups in total. The van der Waals surface area contributed by atoms with Crippen molar-refractivity contribution in [1.29, 1.82) is 0 Å². The average molecular weight is 328 g/mol. The van der Waals surface area contributed by atoms with Crippen molar-refractivity contribution >= 4 is 17.0 Å². The molecule has 0 atom stereocenters. The molecule has 0 bridgehead atoms. The van der Waals surface area contributed by atoms with Crippen LogP contribution in [0.2, 0.25) is 0 Å². The topological polar surface area (TPSA) is 74.4 Å². The Kier molecular flexibility index (Phi) is 2.96. The molecular weight excluding hydrogens is 315 g/mol. The van der Waals surface area contributed by atoms with E-state index in [0.717, 1.165) is 4.57 Å². The Bertz CT molecular complexity index is 1190. The molecule has 3 heterocycles. The number of aryl methyl sites for hydroxylation is 2. The van der Waals surface area contributed by atoms with Crippen molar-refractivity contribution in [1.82, 2.24) is 18.5 Å². The van der Waals surface area contributed by atoms with E-state index in [0.29, 0.717) is 11.3 Å². The summed E-state index contributed by atoms with van der Waals surface area (Å²) >= 11 is 0. The van der Waals surface area contributed by atoms with Crippen LogP contribution in [0.5, 0.6) is 0 Å². The predicted molar refractivity (Wildman–Crippen MR) is 84.7 cm³/mol. The van der Waals surface area contributed by atoms with Crippen LogP contribution in [0.25, 0.3) is 17.0 Å². The van der Waals surface area contributed by atoms with E-state index in [2.05, 4.69) is 4.98 Å². The third-order valence-electron chi connectivity index (χ3n) is 3.96. The van der Waals surface area contributed by atoms with Gasteiger partial charge in [-0.25, -0.2) is 9.18 Å². The summed E-state index contributed by atoms with van der Waals surface area (Å²) in [6, 6.07) is 5.67. The van der Waals surface area contributed by atoms with Gasteiger partial charge in [0.05, 0.1) is 12.7 Å². The minimum absolute atomic E-state index is 0.0474. The monoisotopic (exact) mass is 328 g/mol. The van der Waals surface area contributed by atoms with E-state index in [1.54, 1.807) is 32.3 Å². The molecule has 0 unspecified atom stereocenters. The van der Waals surface area contributed by atoms with Crippen LogP contribution in [0.15, 0.2) is 44.5 Å². The quantitative estimate of drug-likeness (QED) is 0.558. The van der Waals surface area contributed by atoms with Crippen molar-refractivity contribution in [2.75, 3.05) is 0 Å². The van der Waals surface area contributed by atoms with Crippen molar-refractivity contribution in [3.63, 3.8) is 0 Å². The van der Waals surface area contributed by atoms with Crippen LogP contribution in [0, 0.1) is 12.7 Å². The van der Waals surface area contributed by atoms with Gasteiger partial charge in [-0.15, -0.1) is 0 Å². The predicted octanol–water partition coefficient (Wildman–Crippen LogP) is 1.44. The third kappa shape index (κ3) is 1.99. The molecule has 7 nitrogen and oxygen atoms in total. The number of hydrogen-bond acceptors (Lipinski definition) is 4. The molecule has 24 heavy (non-hydrogen) atoms. The fraction of sp³-hybridized carbons (Fsp3) is 0.188. The van der Waals surface area contributed by atoms with Gasteiger partial charge in [0.25, 0.3) is 5.56 Å². The zero-order chi connectivity index (χ0) is 17.0. The van der Waals surface area contributed by atoms with Crippen molar-refractivity contribution in [2.24, 2.45) is 7.05 Å². The molecule has 3 aromatic heterocycles. The number of fused-ring (bicyclic) bond motifs is 3. The van der Waals surface area contributed by atoms with Gasteiger partial charge in [0.2, 0.25) is 0 Å². The first-order chi connectivity index (χ1) is 11.5. The van der Waals surface area contributed by atoms with Gasteiger partial charge in [-0.3, -0.25) is 18.3 Å². The molecule has 8 heteroatoms. The minimum atomic E-state index is -0.491. The number of benzene rings is 1. The molecule has 0 aliphatic heterocycles. The SMILES string of the molecule is Cc1cn2c(nc3c2c(=O)n(Cc2ccc(F)cc2)c(=O)n3C)o1. The molecule has 0 amide bonds. The van der Waals surface area contributed by atoms with Crippen LogP contribution in [0.3, 0.4) is 0 Å². The van der Waals surface area contributed by atoms with Crippen LogP contribution in [-0.4, -0.2) is 18.5 Å². The van der Waals surface area contributed by atoms with Crippen LogP contribution < -0.4 is 11.2 Å². The molecule has 0 radical (unpaired) electrons. The largest absolute Gasteiger partial charge is 0.428 e. The van der Waals surface area contributed by atoms with E-state index in [-0.39, 0.29) is 29.4 Å². The summed E-state index contributed by atoms with van der Waals surface area (Å²) in [6.45, 7) is 1.80. The highest BCUT2D eigenvalue weighted by molar-refractivity contribution is 5.74. The highest BCUT2D eigenvalue weighted by Gasteiger charge is 2.19. The highest BCUT2D eigenvalue weighted by Crippen LogP contribution is 2.15. The fourth-order valence-corrected chi connectivity index (χ4v) is 2.78. The summed E-state index contributed by atoms with van der Waals surface area (Å²) in [4.78, 5) is 29.6. The van der Waals surface area contributed by atoms with E-state index in [1.165, 1.54) is 21.1 Å². The summed E-state index contributed by atoms with van der Waals surface area (Å²) in [6.07, 6.45) is 1.65. The molecular formula is C16H13FN4O3. The number of hydrogen-bond donors (Lipinski definition) is 0. The van der Waals surface area contributed by atoms with E-state index < -0.39 is 11.2 Å². The molecule has 1 aromatic carbocycles. The van der Waals surface area contributed by atoms with Gasteiger partial charge in [0.15, 0.2) is 11.2 Å². The van der Waals surface area contributed by atoms with Gasteiger partial charge < -0.3 is 4.42 Å². The number of aromatic nitrogens is 4. The lowest BCUT2D eigenvalue weighted by atomic mass is 10.2. The van der Waals surface area contributed by atoms with Gasteiger partial charge in [-0.05, 0) is 24.6 Å². The van der Waals surface area contributed by atoms with Crippen molar-refractivity contribution in [2.45, 2.75) is 13.5 Å². The molecule has 4 aromatic rings. The summed E-state index contributed by atoms with van der Waals surface area (Å²) in [7, 11) is 1.55. The van der Waals surface area contributed by atoms with Crippen LogP contribution in [0.4, 0.5) is 4.39 Å². The van der Waals surface area contributed by atoms with Crippen LogP contribution >= 0.6 is 0 Å². The first-order valence-electron chi connectivity index (χ1n) is 7.28. The molecule has 0 saturated heterocycles. The molecule has 0 fully saturated rings. The maximum absolute atomic E-state index is 13.0. The summed E-state index contributed by atoms with van der Waals surface area (Å²) in [5.41, 5.74) is 0.226. The maximum atomic E-state index is 13.0. The van der Waals surface area contributed by atoms with Gasteiger partial charge in [-0.2, -0.15) is 4.98 Å². The molecule has 4 rings (SSSR count). The van der Waals surface area contributed by atoms with Gasteiger partial charge in [-0.1, -0.05) is 12.1 Å². The Hall–Kier alpha value is -3.16. The standard InChI is InChI=1S/C16H13FN4O3/c1-9-7-20-12-13(18-15(20)24-9)19(2)16(23)21(14(12)22)8-10-3-5-11(17)6-4-10/h3-7H,8H2,1-2H3. The van der Waals surface area contributed by atoms with E-state index >= 15 is 0 Å². The third-order valence-corrected chi connectivity index (χ3v) is 3.96. The zero-order valence-corrected chi connectivity index (χ0v) is 13.0. The smallest absolute Gasteiger partial charge is 0.332 e. The van der Waals surface area contributed by atoms with E-state index in [1.807, 2.05) is 0 Å². The van der Waals surface area contributed by atoms with Gasteiger partial charge >= 0.3 is 11.5 Å². The first kappa shape index (κ1) is 14.4. The second-order valence-corrected chi connectivity index (χ2v) is 5.64. The fourth-order valence-electron chi connectivity index (χ4n) is 2.78. The Labute approximate surface area is 134 Å². The molecule has 122 valence electrons. The molecule has 0 aliphatic rings. The summed E-state index contributed by atoms with van der Waals surface area (Å²) in [5, 5.41) is 0. The second-order valence-electron chi connectivity index (χ2n) is 5.64. The lowest BCUT2D eigenvalue weighted by Gasteiger charge is -2.08. The van der Waals surface area contributed by atoms with Crippen molar-refractivity contribution in [3.8, 4) is 0 Å². The lowest BCUT2D eigenvalue weighted by Crippen LogP contribution is -2.39.